The third kappa shape index (κ3) is 5.42. The molecule has 10 nitrogen and oxygen atoms in total. The van der Waals surface area contributed by atoms with Gasteiger partial charge in [0, 0.05) is 23.1 Å². The van der Waals surface area contributed by atoms with E-state index in [-0.39, 0.29) is 24.3 Å². The molecule has 0 spiro atoms. The van der Waals surface area contributed by atoms with E-state index in [1.54, 1.807) is 44.4 Å². The number of methoxy groups -OCH3 is 2. The van der Waals surface area contributed by atoms with Crippen molar-refractivity contribution < 1.29 is 43.1 Å². The summed E-state index contributed by atoms with van der Waals surface area (Å²) in [5.74, 6) is 0.756. The fraction of sp³-hybridized carbons (Fsp3) is 0.385. The van der Waals surface area contributed by atoms with Crippen molar-refractivity contribution in [2.45, 2.75) is 38.7 Å². The van der Waals surface area contributed by atoms with Crippen LogP contribution in [0.1, 0.15) is 32.6 Å². The summed E-state index contributed by atoms with van der Waals surface area (Å²) in [4.78, 5) is 26.6. The number of aromatic amines is 1. The van der Waals surface area contributed by atoms with E-state index in [9.17, 15) is 9.59 Å². The number of aliphatic carboxylic acids is 1. The lowest BCUT2D eigenvalue weighted by atomic mass is 10.0. The summed E-state index contributed by atoms with van der Waals surface area (Å²) >= 11 is 0. The number of carbonyl (C=O) groups excluding carboxylic acids is 1. The highest BCUT2D eigenvalue weighted by molar-refractivity contribution is 6.02. The molecule has 1 aliphatic rings. The molecule has 4 rings (SSSR count). The van der Waals surface area contributed by atoms with Gasteiger partial charge in [0.1, 0.15) is 11.5 Å². The Morgan fingerprint density at radius 1 is 1.03 bits per heavy atom. The Labute approximate surface area is 208 Å². The number of H-pyrrole nitrogens is 1. The molecule has 10 heteroatoms. The smallest absolute Gasteiger partial charge is 0.497 e. The van der Waals surface area contributed by atoms with Crippen molar-refractivity contribution in [1.82, 2.24) is 4.98 Å². The molecule has 0 aliphatic heterocycles. The number of aromatic nitrogens is 1. The van der Waals surface area contributed by atoms with Crippen molar-refractivity contribution in [3.63, 3.8) is 0 Å². The van der Waals surface area contributed by atoms with Crippen molar-refractivity contribution in [1.29, 1.82) is 0 Å². The average Bonchev–Trinajstić information content (AvgIpc) is 3.49. The summed E-state index contributed by atoms with van der Waals surface area (Å²) in [6, 6.07) is 8.56. The Morgan fingerprint density at radius 3 is 2.47 bits per heavy atom. The number of hydrogen-bond acceptors (Lipinski definition) is 8. The van der Waals surface area contributed by atoms with Crippen LogP contribution in [0, 0.1) is 0 Å². The first kappa shape index (κ1) is 25.0. The number of rotatable bonds is 10. The molecule has 3 aromatic rings. The lowest BCUT2D eigenvalue weighted by Crippen LogP contribution is -2.11. The molecule has 36 heavy (non-hydrogen) atoms. The maximum atomic E-state index is 12.3. The third-order valence-electron chi connectivity index (χ3n) is 5.90. The molecule has 2 N–H and O–H groups in total. The van der Waals surface area contributed by atoms with E-state index < -0.39 is 18.7 Å². The highest BCUT2D eigenvalue weighted by Crippen LogP contribution is 2.46. The molecule has 0 atom stereocenters. The monoisotopic (exact) mass is 499 g/mol. The van der Waals surface area contributed by atoms with Crippen LogP contribution in [0.15, 0.2) is 30.3 Å². The first-order valence-electron chi connectivity index (χ1n) is 11.7. The van der Waals surface area contributed by atoms with Gasteiger partial charge in [-0.2, -0.15) is 0 Å². The minimum atomic E-state index is -1.14. The highest BCUT2D eigenvalue weighted by Gasteiger charge is 2.25. The SMILES string of the molecule is CCOC(=O)Oc1[nH]c2cc(OC3CCCC3)c(OC)cc2c1-c1ccc(OC)cc1OCC(=O)O. The molecule has 0 unspecified atom stereocenters. The zero-order valence-electron chi connectivity index (χ0n) is 20.4. The molecule has 1 aromatic heterocycles. The molecule has 2 aromatic carbocycles. The largest absolute Gasteiger partial charge is 0.515 e. The number of carboxylic acid groups (broad SMARTS) is 1. The van der Waals surface area contributed by atoms with E-state index in [1.807, 2.05) is 0 Å². The van der Waals surface area contributed by atoms with E-state index in [4.69, 9.17) is 33.5 Å². The standard InChI is InChI=1S/C26H29NO9/c1-4-33-26(30)36-25-24(17-10-9-16(31-2)11-20(17)34-14-23(28)29)18-12-21(32-3)22(13-19(18)27-25)35-15-7-5-6-8-15/h9-13,15,27H,4-8,14H2,1-3H3,(H,28,29). The minimum Gasteiger partial charge on any atom is -0.497 e. The van der Waals surface area contributed by atoms with E-state index in [1.165, 1.54) is 7.11 Å². The third-order valence-corrected chi connectivity index (χ3v) is 5.90. The highest BCUT2D eigenvalue weighted by atomic mass is 16.7. The molecule has 1 aliphatic carbocycles. The van der Waals surface area contributed by atoms with Crippen LogP contribution in [0.3, 0.4) is 0 Å². The number of nitrogens with one attached hydrogen (secondary N) is 1. The maximum absolute atomic E-state index is 12.3. The molecule has 0 saturated heterocycles. The summed E-state index contributed by atoms with van der Waals surface area (Å²) in [5.41, 5.74) is 1.57. The van der Waals surface area contributed by atoms with Gasteiger partial charge in [0.05, 0.1) is 38.0 Å². The quantitative estimate of drug-likeness (QED) is 0.363. The van der Waals surface area contributed by atoms with Crippen LogP contribution in [0.2, 0.25) is 0 Å². The molecule has 1 fully saturated rings. The second-order valence-corrected chi connectivity index (χ2v) is 8.23. The van der Waals surface area contributed by atoms with Crippen molar-refractivity contribution in [3.05, 3.63) is 30.3 Å². The van der Waals surface area contributed by atoms with Gasteiger partial charge in [0.15, 0.2) is 18.1 Å². The summed E-state index contributed by atoms with van der Waals surface area (Å²) in [5, 5.41) is 9.81. The van der Waals surface area contributed by atoms with E-state index in [2.05, 4.69) is 4.98 Å². The zero-order valence-corrected chi connectivity index (χ0v) is 20.4. The first-order chi connectivity index (χ1) is 17.4. The fourth-order valence-electron chi connectivity index (χ4n) is 4.28. The summed E-state index contributed by atoms with van der Waals surface area (Å²) in [6.07, 6.45) is 3.42. The molecular weight excluding hydrogens is 470 g/mol. The lowest BCUT2D eigenvalue weighted by Gasteiger charge is -2.16. The number of carbonyl (C=O) groups is 2. The van der Waals surface area contributed by atoms with Gasteiger partial charge in [-0.15, -0.1) is 0 Å². The predicted molar refractivity (Wildman–Crippen MR) is 131 cm³/mol. The maximum Gasteiger partial charge on any atom is 0.515 e. The first-order valence-corrected chi connectivity index (χ1v) is 11.7. The van der Waals surface area contributed by atoms with Crippen LogP contribution in [0.25, 0.3) is 22.0 Å². The second-order valence-electron chi connectivity index (χ2n) is 8.23. The van der Waals surface area contributed by atoms with Crippen LogP contribution < -0.4 is 23.7 Å². The van der Waals surface area contributed by atoms with Gasteiger partial charge < -0.3 is 38.5 Å². The van der Waals surface area contributed by atoms with Gasteiger partial charge in [0.2, 0.25) is 5.88 Å². The molecule has 1 heterocycles. The minimum absolute atomic E-state index is 0.105. The summed E-state index contributed by atoms with van der Waals surface area (Å²) in [6.45, 7) is 1.24. The normalized spacial score (nSPS) is 13.4. The van der Waals surface area contributed by atoms with Crippen LogP contribution in [0.4, 0.5) is 4.79 Å². The van der Waals surface area contributed by atoms with Gasteiger partial charge >= 0.3 is 12.1 Å². The second kappa shape index (κ2) is 11.1. The topological polar surface area (TPSA) is 126 Å². The van der Waals surface area contributed by atoms with Crippen LogP contribution >= 0.6 is 0 Å². The van der Waals surface area contributed by atoms with E-state index >= 15 is 0 Å². The number of carboxylic acids is 1. The molecule has 0 bridgehead atoms. The van der Waals surface area contributed by atoms with E-state index in [0.717, 1.165) is 25.7 Å². The van der Waals surface area contributed by atoms with Crippen LogP contribution in [-0.4, -0.2) is 55.8 Å². The summed E-state index contributed by atoms with van der Waals surface area (Å²) < 4.78 is 33.2. The molecule has 192 valence electrons. The van der Waals surface area contributed by atoms with Crippen molar-refractivity contribution in [2.75, 3.05) is 27.4 Å². The Balaban J connectivity index is 1.87. The Bertz CT molecular complexity index is 1240. The van der Waals surface area contributed by atoms with Gasteiger partial charge in [-0.25, -0.2) is 9.59 Å². The van der Waals surface area contributed by atoms with Gasteiger partial charge in [-0.05, 0) is 50.8 Å². The van der Waals surface area contributed by atoms with Crippen molar-refractivity contribution in [2.24, 2.45) is 0 Å². The van der Waals surface area contributed by atoms with Crippen LogP contribution in [0.5, 0.6) is 28.9 Å². The zero-order chi connectivity index (χ0) is 25.7. The molecule has 0 radical (unpaired) electrons. The van der Waals surface area contributed by atoms with E-state index in [0.29, 0.717) is 39.3 Å². The van der Waals surface area contributed by atoms with Gasteiger partial charge in [0.25, 0.3) is 0 Å². The van der Waals surface area contributed by atoms with Crippen molar-refractivity contribution >= 4 is 23.0 Å². The predicted octanol–water partition coefficient (Wildman–Crippen LogP) is 5.17. The number of benzene rings is 2. The average molecular weight is 500 g/mol. The Kier molecular flexibility index (Phi) is 7.72. The fourth-order valence-corrected chi connectivity index (χ4v) is 4.28. The summed E-state index contributed by atoms with van der Waals surface area (Å²) in [7, 11) is 3.05. The van der Waals surface area contributed by atoms with Gasteiger partial charge in [-0.1, -0.05) is 0 Å². The number of ether oxygens (including phenoxy) is 6. The lowest BCUT2D eigenvalue weighted by molar-refractivity contribution is -0.139. The Hall–Kier alpha value is -4.08. The van der Waals surface area contributed by atoms with Crippen molar-refractivity contribution in [3.8, 4) is 40.0 Å². The number of fused-ring (bicyclic) bond motifs is 1. The molecular formula is C26H29NO9. The van der Waals surface area contributed by atoms with Crippen LogP contribution in [-0.2, 0) is 9.53 Å². The van der Waals surface area contributed by atoms with Gasteiger partial charge in [-0.3, -0.25) is 0 Å². The molecule has 0 amide bonds. The Morgan fingerprint density at radius 2 is 1.81 bits per heavy atom. The molecule has 1 saturated carbocycles. The number of hydrogen-bond donors (Lipinski definition) is 2.